The van der Waals surface area contributed by atoms with Gasteiger partial charge in [0.05, 0.1) is 40.9 Å². The SMILES string of the molecule is CCOc1cc(C=Nn2c(-c3cccc(C(F)(F)F)c3)nc3ccccc3c2=O)cc(Br)c1OC. The summed E-state index contributed by atoms with van der Waals surface area (Å²) in [5.74, 6) is 0.944. The fourth-order valence-corrected chi connectivity index (χ4v) is 4.12. The monoisotopic (exact) mass is 545 g/mol. The van der Waals surface area contributed by atoms with Crippen LogP contribution in [0.2, 0.25) is 0 Å². The lowest BCUT2D eigenvalue weighted by Crippen LogP contribution is -2.20. The van der Waals surface area contributed by atoms with Crippen LogP contribution in [0.15, 0.2) is 75.0 Å². The third-order valence-electron chi connectivity index (χ3n) is 5.06. The Balaban J connectivity index is 1.90. The standard InChI is InChI=1S/C25H19BrF3N3O3/c1-3-35-21-12-15(11-19(26)22(21)34-2)14-30-32-23(16-7-6-8-17(13-16)25(27,28)29)31-20-10-5-4-9-18(20)24(32)33/h4-14H,3H2,1-2H3. The zero-order valence-corrected chi connectivity index (χ0v) is 20.2. The van der Waals surface area contributed by atoms with E-state index in [-0.39, 0.29) is 16.8 Å². The normalized spacial score (nSPS) is 11.8. The summed E-state index contributed by atoms with van der Waals surface area (Å²) >= 11 is 3.43. The molecule has 0 bridgehead atoms. The van der Waals surface area contributed by atoms with Crippen molar-refractivity contribution in [1.82, 2.24) is 9.66 Å². The molecule has 0 unspecified atom stereocenters. The van der Waals surface area contributed by atoms with Gasteiger partial charge in [-0.25, -0.2) is 4.98 Å². The number of benzene rings is 3. The van der Waals surface area contributed by atoms with Crippen molar-refractivity contribution in [3.05, 3.63) is 86.6 Å². The molecule has 0 saturated carbocycles. The van der Waals surface area contributed by atoms with E-state index in [1.165, 1.54) is 25.5 Å². The highest BCUT2D eigenvalue weighted by atomic mass is 79.9. The first-order valence-electron chi connectivity index (χ1n) is 10.5. The van der Waals surface area contributed by atoms with E-state index in [9.17, 15) is 18.0 Å². The first-order valence-corrected chi connectivity index (χ1v) is 11.3. The third-order valence-corrected chi connectivity index (χ3v) is 5.65. The number of ether oxygens (including phenoxy) is 2. The number of nitrogens with zero attached hydrogens (tertiary/aromatic N) is 3. The van der Waals surface area contributed by atoms with Gasteiger partial charge >= 0.3 is 6.18 Å². The number of fused-ring (bicyclic) bond motifs is 1. The molecule has 4 aromatic rings. The summed E-state index contributed by atoms with van der Waals surface area (Å²) in [5, 5.41) is 4.59. The van der Waals surface area contributed by atoms with Gasteiger partial charge in [0.15, 0.2) is 17.3 Å². The molecular formula is C25H19BrF3N3O3. The second kappa shape index (κ2) is 9.91. The first-order chi connectivity index (χ1) is 16.7. The van der Waals surface area contributed by atoms with E-state index in [2.05, 4.69) is 26.0 Å². The van der Waals surface area contributed by atoms with E-state index in [0.29, 0.717) is 33.7 Å². The second-order valence-electron chi connectivity index (χ2n) is 7.36. The van der Waals surface area contributed by atoms with Crippen molar-refractivity contribution in [3.8, 4) is 22.9 Å². The average Bonchev–Trinajstić information content (AvgIpc) is 2.83. The topological polar surface area (TPSA) is 65.7 Å². The fourth-order valence-electron chi connectivity index (χ4n) is 3.50. The van der Waals surface area contributed by atoms with Gasteiger partial charge in [-0.2, -0.15) is 22.9 Å². The molecular weight excluding hydrogens is 527 g/mol. The zero-order chi connectivity index (χ0) is 25.2. The van der Waals surface area contributed by atoms with Gasteiger partial charge in [-0.1, -0.05) is 24.3 Å². The van der Waals surface area contributed by atoms with E-state index in [1.807, 2.05) is 6.92 Å². The number of aromatic nitrogens is 2. The lowest BCUT2D eigenvalue weighted by Gasteiger charge is -2.13. The molecule has 10 heteroatoms. The molecule has 0 aliphatic heterocycles. The van der Waals surface area contributed by atoms with E-state index < -0.39 is 17.3 Å². The maximum Gasteiger partial charge on any atom is 0.416 e. The van der Waals surface area contributed by atoms with Crippen LogP contribution in [-0.4, -0.2) is 29.6 Å². The summed E-state index contributed by atoms with van der Waals surface area (Å²) in [6.07, 6.45) is -3.14. The Hall–Kier alpha value is -3.66. The molecule has 0 spiro atoms. The van der Waals surface area contributed by atoms with E-state index in [1.54, 1.807) is 36.4 Å². The maximum atomic E-state index is 13.3. The van der Waals surface area contributed by atoms with Gasteiger partial charge in [-0.15, -0.1) is 0 Å². The van der Waals surface area contributed by atoms with Crippen LogP contribution < -0.4 is 15.0 Å². The van der Waals surface area contributed by atoms with Crippen LogP contribution in [0.1, 0.15) is 18.1 Å². The van der Waals surface area contributed by atoms with Crippen LogP contribution in [0, 0.1) is 0 Å². The molecule has 0 amide bonds. The molecule has 4 rings (SSSR count). The van der Waals surface area contributed by atoms with Crippen molar-refractivity contribution in [3.63, 3.8) is 0 Å². The van der Waals surface area contributed by atoms with Crippen LogP contribution >= 0.6 is 15.9 Å². The molecule has 6 nitrogen and oxygen atoms in total. The van der Waals surface area contributed by atoms with Gasteiger partial charge in [-0.05, 0) is 64.8 Å². The molecule has 1 heterocycles. The van der Waals surface area contributed by atoms with Crippen LogP contribution in [0.5, 0.6) is 11.5 Å². The number of halogens is 4. The Bertz CT molecular complexity index is 1480. The summed E-state index contributed by atoms with van der Waals surface area (Å²) < 4.78 is 52.6. The molecule has 0 N–H and O–H groups in total. The Morgan fingerprint density at radius 1 is 1.11 bits per heavy atom. The van der Waals surface area contributed by atoms with E-state index in [4.69, 9.17) is 9.47 Å². The molecule has 3 aromatic carbocycles. The fraction of sp³-hybridized carbons (Fsp3) is 0.160. The Labute approximate surface area is 206 Å². The van der Waals surface area contributed by atoms with Gasteiger partial charge in [0.2, 0.25) is 0 Å². The van der Waals surface area contributed by atoms with Crippen LogP contribution in [0.4, 0.5) is 13.2 Å². The Morgan fingerprint density at radius 2 is 1.89 bits per heavy atom. The minimum Gasteiger partial charge on any atom is -0.492 e. The molecule has 180 valence electrons. The van der Waals surface area contributed by atoms with Gasteiger partial charge < -0.3 is 9.47 Å². The number of hydrogen-bond donors (Lipinski definition) is 0. The van der Waals surface area contributed by atoms with Gasteiger partial charge in [0, 0.05) is 5.56 Å². The maximum absolute atomic E-state index is 13.3. The first kappa shape index (κ1) is 24.5. The number of hydrogen-bond acceptors (Lipinski definition) is 5. The minimum atomic E-state index is -4.55. The van der Waals surface area contributed by atoms with Gasteiger partial charge in [0.25, 0.3) is 5.56 Å². The molecule has 0 saturated heterocycles. The van der Waals surface area contributed by atoms with Gasteiger partial charge in [-0.3, -0.25) is 4.79 Å². The predicted molar refractivity (Wildman–Crippen MR) is 131 cm³/mol. The third kappa shape index (κ3) is 5.07. The molecule has 35 heavy (non-hydrogen) atoms. The highest BCUT2D eigenvalue weighted by molar-refractivity contribution is 9.10. The van der Waals surface area contributed by atoms with Gasteiger partial charge in [0.1, 0.15) is 0 Å². The smallest absolute Gasteiger partial charge is 0.416 e. The predicted octanol–water partition coefficient (Wildman–Crippen LogP) is 6.13. The zero-order valence-electron chi connectivity index (χ0n) is 18.6. The van der Waals surface area contributed by atoms with Crippen LogP contribution in [0.25, 0.3) is 22.3 Å². The quantitative estimate of drug-likeness (QED) is 0.273. The summed E-state index contributed by atoms with van der Waals surface area (Å²) in [6.45, 7) is 2.23. The summed E-state index contributed by atoms with van der Waals surface area (Å²) in [4.78, 5) is 17.8. The van der Waals surface area contributed by atoms with E-state index in [0.717, 1.165) is 16.8 Å². The molecule has 0 fully saturated rings. The summed E-state index contributed by atoms with van der Waals surface area (Å²) in [7, 11) is 1.51. The second-order valence-corrected chi connectivity index (χ2v) is 8.21. The van der Waals surface area contributed by atoms with Crippen LogP contribution in [0.3, 0.4) is 0 Å². The molecule has 0 radical (unpaired) electrons. The van der Waals surface area contributed by atoms with Crippen LogP contribution in [-0.2, 0) is 6.18 Å². The molecule has 0 atom stereocenters. The Kier molecular flexibility index (Phi) is 6.93. The summed E-state index contributed by atoms with van der Waals surface area (Å²) in [5.41, 5.74) is -0.352. The number of methoxy groups -OCH3 is 1. The number of para-hydroxylation sites is 1. The lowest BCUT2D eigenvalue weighted by molar-refractivity contribution is -0.137. The summed E-state index contributed by atoms with van der Waals surface area (Å²) in [6, 6.07) is 14.6. The average molecular weight is 546 g/mol. The van der Waals surface area contributed by atoms with Crippen molar-refractivity contribution >= 4 is 33.0 Å². The van der Waals surface area contributed by atoms with Crippen molar-refractivity contribution in [2.75, 3.05) is 13.7 Å². The molecule has 0 aliphatic rings. The Morgan fingerprint density at radius 3 is 2.60 bits per heavy atom. The number of alkyl halides is 3. The van der Waals surface area contributed by atoms with Crippen molar-refractivity contribution in [2.24, 2.45) is 5.10 Å². The van der Waals surface area contributed by atoms with Crippen molar-refractivity contribution in [1.29, 1.82) is 0 Å². The van der Waals surface area contributed by atoms with Crippen molar-refractivity contribution in [2.45, 2.75) is 13.1 Å². The minimum absolute atomic E-state index is 0.0198. The number of rotatable bonds is 6. The molecule has 1 aromatic heterocycles. The van der Waals surface area contributed by atoms with E-state index >= 15 is 0 Å². The molecule has 0 aliphatic carbocycles. The lowest BCUT2D eigenvalue weighted by atomic mass is 10.1. The highest BCUT2D eigenvalue weighted by Crippen LogP contribution is 2.36. The largest absolute Gasteiger partial charge is 0.492 e. The highest BCUT2D eigenvalue weighted by Gasteiger charge is 2.31. The van der Waals surface area contributed by atoms with Crippen molar-refractivity contribution < 1.29 is 22.6 Å².